The first-order valence-corrected chi connectivity index (χ1v) is 14.4. The molecule has 0 bridgehead atoms. The predicted octanol–water partition coefficient (Wildman–Crippen LogP) is 3.60. The lowest BCUT2D eigenvalue weighted by Crippen LogP contribution is -2.43. The highest BCUT2D eigenvalue weighted by atomic mass is 32.2. The highest BCUT2D eigenvalue weighted by Gasteiger charge is 2.35. The van der Waals surface area contributed by atoms with Crippen LogP contribution in [0.5, 0.6) is 5.75 Å². The number of hydrogen-bond acceptors (Lipinski definition) is 7. The Bertz CT molecular complexity index is 1550. The van der Waals surface area contributed by atoms with Gasteiger partial charge in [-0.1, -0.05) is 12.0 Å². The van der Waals surface area contributed by atoms with Crippen molar-refractivity contribution in [1.82, 2.24) is 14.3 Å². The molecule has 3 heterocycles. The Labute approximate surface area is 230 Å². The van der Waals surface area contributed by atoms with Crippen LogP contribution in [0.4, 0.5) is 23.2 Å². The molecule has 0 amide bonds. The van der Waals surface area contributed by atoms with Gasteiger partial charge in [0, 0.05) is 42.6 Å². The molecule has 0 unspecified atom stereocenters. The third kappa shape index (κ3) is 6.68. The van der Waals surface area contributed by atoms with Gasteiger partial charge in [0.05, 0.1) is 36.4 Å². The van der Waals surface area contributed by atoms with E-state index in [1.807, 2.05) is 11.9 Å². The number of alkyl halides is 4. The average Bonchev–Trinajstić information content (AvgIpc) is 3.21. The highest BCUT2D eigenvalue weighted by molar-refractivity contribution is 7.90. The van der Waals surface area contributed by atoms with E-state index in [2.05, 4.69) is 22.1 Å². The number of methoxy groups -OCH3 is 1. The smallest absolute Gasteiger partial charge is 0.394 e. The van der Waals surface area contributed by atoms with E-state index in [0.717, 1.165) is 6.26 Å². The molecule has 216 valence electrons. The lowest BCUT2D eigenvalue weighted by atomic mass is 9.85. The molecule has 1 saturated heterocycles. The molecule has 1 fully saturated rings. The van der Waals surface area contributed by atoms with Gasteiger partial charge in [0.25, 0.3) is 0 Å². The molecule has 0 saturated carbocycles. The highest BCUT2D eigenvalue weighted by Crippen LogP contribution is 2.34. The number of ether oxygens (including phenoxy) is 1. The Kier molecular flexibility index (Phi) is 8.63. The molecule has 3 aromatic rings. The topological polar surface area (TPSA) is 102 Å². The molecule has 0 aliphatic carbocycles. The van der Waals surface area contributed by atoms with Crippen LogP contribution in [0.3, 0.4) is 0 Å². The fraction of sp³-hybridized carbons (Fsp3) is 0.444. The summed E-state index contributed by atoms with van der Waals surface area (Å²) in [6, 6.07) is 6.79. The quantitative estimate of drug-likeness (QED) is 0.325. The SMILES string of the molecule is COc1cc(S(C)(=O)=O)ccc1NCC#Cc1nc2c([C@@H](N)[C@@H]3CCN(C)C[C@H]3F)cccn2c1CC(F)(F)F. The van der Waals surface area contributed by atoms with Crippen LogP contribution in [-0.4, -0.2) is 75.1 Å². The Balaban J connectivity index is 1.64. The molecular formula is C27H31F4N5O3S. The van der Waals surface area contributed by atoms with Gasteiger partial charge in [0.15, 0.2) is 9.84 Å². The standard InChI is InChI=1S/C27H31F4N5O3S/c1-35-13-10-18(20(28)16-35)25(32)19-6-5-12-36-23(15-27(29,30)31)21(34-26(19)36)7-4-11-33-22-9-8-17(40(3,37)38)14-24(22)39-2/h5-6,8-9,12,14,18,20,25,33H,10-11,13,15-16,32H2,1-3H3/t18-,20-,25+/m1/s1. The Morgan fingerprint density at radius 3 is 2.70 bits per heavy atom. The van der Waals surface area contributed by atoms with E-state index >= 15 is 0 Å². The van der Waals surface area contributed by atoms with E-state index in [1.54, 1.807) is 12.1 Å². The molecule has 3 atom stereocenters. The van der Waals surface area contributed by atoms with Crippen LogP contribution in [0, 0.1) is 17.8 Å². The maximum atomic E-state index is 14.9. The molecule has 13 heteroatoms. The molecule has 0 radical (unpaired) electrons. The Hall–Kier alpha value is -3.34. The van der Waals surface area contributed by atoms with Crippen LogP contribution < -0.4 is 15.8 Å². The minimum Gasteiger partial charge on any atom is -0.495 e. The fourth-order valence-electron chi connectivity index (χ4n) is 4.88. The minimum atomic E-state index is -4.52. The first-order chi connectivity index (χ1) is 18.8. The molecule has 3 N–H and O–H groups in total. The van der Waals surface area contributed by atoms with E-state index in [1.165, 1.54) is 35.9 Å². The summed E-state index contributed by atoms with van der Waals surface area (Å²) in [4.78, 5) is 6.38. The van der Waals surface area contributed by atoms with Crippen LogP contribution in [0.1, 0.15) is 29.4 Å². The molecule has 40 heavy (non-hydrogen) atoms. The Morgan fingerprint density at radius 1 is 1.30 bits per heavy atom. The largest absolute Gasteiger partial charge is 0.495 e. The van der Waals surface area contributed by atoms with Crippen molar-refractivity contribution in [2.24, 2.45) is 11.7 Å². The molecule has 2 aromatic heterocycles. The number of nitrogens with one attached hydrogen (secondary N) is 1. The second kappa shape index (κ2) is 11.6. The second-order valence-corrected chi connectivity index (χ2v) is 11.9. The number of piperidine rings is 1. The minimum absolute atomic E-state index is 0.0133. The number of fused-ring (bicyclic) bond motifs is 1. The number of hydrogen-bond donors (Lipinski definition) is 2. The van der Waals surface area contributed by atoms with E-state index in [-0.39, 0.29) is 40.8 Å². The van der Waals surface area contributed by atoms with E-state index in [4.69, 9.17) is 10.5 Å². The molecule has 0 spiro atoms. The second-order valence-electron chi connectivity index (χ2n) is 9.90. The van der Waals surface area contributed by atoms with Gasteiger partial charge in [-0.3, -0.25) is 0 Å². The van der Waals surface area contributed by atoms with Crippen LogP contribution in [0.15, 0.2) is 41.4 Å². The lowest BCUT2D eigenvalue weighted by molar-refractivity contribution is -0.128. The number of benzene rings is 1. The van der Waals surface area contributed by atoms with Gasteiger partial charge in [0.2, 0.25) is 0 Å². The number of rotatable bonds is 7. The van der Waals surface area contributed by atoms with Crippen LogP contribution in [-0.2, 0) is 16.3 Å². The van der Waals surface area contributed by atoms with Gasteiger partial charge in [-0.15, -0.1) is 0 Å². The zero-order valence-electron chi connectivity index (χ0n) is 22.3. The molecule has 1 aliphatic heterocycles. The lowest BCUT2D eigenvalue weighted by Gasteiger charge is -2.35. The number of nitrogens with zero attached hydrogens (tertiary/aromatic N) is 3. The van der Waals surface area contributed by atoms with Crippen LogP contribution in [0.25, 0.3) is 5.65 Å². The number of nitrogens with two attached hydrogens (primary N) is 1. The third-order valence-corrected chi connectivity index (χ3v) is 8.05. The van der Waals surface area contributed by atoms with Crippen molar-refractivity contribution in [3.05, 3.63) is 53.5 Å². The van der Waals surface area contributed by atoms with Crippen molar-refractivity contribution in [3.63, 3.8) is 0 Å². The zero-order valence-corrected chi connectivity index (χ0v) is 23.1. The number of pyridine rings is 1. The van der Waals surface area contributed by atoms with Crippen LogP contribution >= 0.6 is 0 Å². The summed E-state index contributed by atoms with van der Waals surface area (Å²) in [6.45, 7) is 0.918. The van der Waals surface area contributed by atoms with Crippen molar-refractivity contribution in [2.75, 3.05) is 45.4 Å². The number of anilines is 1. The summed E-state index contributed by atoms with van der Waals surface area (Å²) in [6.07, 6.45) is -3.88. The summed E-state index contributed by atoms with van der Waals surface area (Å²) < 4.78 is 85.7. The monoisotopic (exact) mass is 581 g/mol. The summed E-state index contributed by atoms with van der Waals surface area (Å²) in [5.41, 5.74) is 7.42. The normalized spacial score (nSPS) is 19.2. The van der Waals surface area contributed by atoms with Gasteiger partial charge in [0.1, 0.15) is 23.3 Å². The molecule has 8 nitrogen and oxygen atoms in total. The molecule has 4 rings (SSSR count). The van der Waals surface area contributed by atoms with Gasteiger partial charge >= 0.3 is 6.18 Å². The maximum absolute atomic E-state index is 14.9. The van der Waals surface area contributed by atoms with Crippen molar-refractivity contribution in [2.45, 2.75) is 36.1 Å². The third-order valence-electron chi connectivity index (χ3n) is 6.94. The number of imidazole rings is 1. The zero-order chi connectivity index (χ0) is 29.2. The summed E-state index contributed by atoms with van der Waals surface area (Å²) >= 11 is 0. The fourth-order valence-corrected chi connectivity index (χ4v) is 5.52. The van der Waals surface area contributed by atoms with Crippen molar-refractivity contribution >= 4 is 21.2 Å². The summed E-state index contributed by atoms with van der Waals surface area (Å²) in [7, 11) is -0.226. The number of sulfone groups is 1. The molecule has 1 aromatic carbocycles. The first-order valence-electron chi connectivity index (χ1n) is 12.5. The van der Waals surface area contributed by atoms with E-state index in [0.29, 0.717) is 24.2 Å². The molecule has 1 aliphatic rings. The van der Waals surface area contributed by atoms with Crippen molar-refractivity contribution in [1.29, 1.82) is 0 Å². The number of halogens is 4. The van der Waals surface area contributed by atoms with E-state index < -0.39 is 40.6 Å². The van der Waals surface area contributed by atoms with Gasteiger partial charge < -0.3 is 25.1 Å². The van der Waals surface area contributed by atoms with Gasteiger partial charge in [-0.05, 0) is 44.1 Å². The number of aromatic nitrogens is 2. The average molecular weight is 582 g/mol. The van der Waals surface area contributed by atoms with Crippen molar-refractivity contribution in [3.8, 4) is 17.6 Å². The van der Waals surface area contributed by atoms with Gasteiger partial charge in [-0.2, -0.15) is 13.2 Å². The molecular weight excluding hydrogens is 550 g/mol. The van der Waals surface area contributed by atoms with Gasteiger partial charge in [-0.25, -0.2) is 17.8 Å². The van der Waals surface area contributed by atoms with E-state index in [9.17, 15) is 26.0 Å². The van der Waals surface area contributed by atoms with Crippen molar-refractivity contribution < 1.29 is 30.7 Å². The first kappa shape index (κ1) is 29.6. The Morgan fingerprint density at radius 2 is 2.05 bits per heavy atom. The summed E-state index contributed by atoms with van der Waals surface area (Å²) in [5, 5.41) is 2.98. The maximum Gasteiger partial charge on any atom is 0.394 e. The summed E-state index contributed by atoms with van der Waals surface area (Å²) in [5.74, 6) is 5.29. The number of likely N-dealkylation sites (tertiary alicyclic amines) is 1. The van der Waals surface area contributed by atoms with Crippen LogP contribution in [0.2, 0.25) is 0 Å². The predicted molar refractivity (Wildman–Crippen MR) is 144 cm³/mol.